The van der Waals surface area contributed by atoms with E-state index in [2.05, 4.69) is 5.32 Å². The van der Waals surface area contributed by atoms with Crippen molar-refractivity contribution in [3.63, 3.8) is 0 Å². The van der Waals surface area contributed by atoms with Gasteiger partial charge in [0.2, 0.25) is 0 Å². The zero-order valence-electron chi connectivity index (χ0n) is 12.2. The summed E-state index contributed by atoms with van der Waals surface area (Å²) in [5, 5.41) is 3.32. The number of rotatable bonds is 5. The molecule has 2 rings (SSSR count). The molecule has 5 nitrogen and oxygen atoms in total. The first-order chi connectivity index (χ1) is 9.67. The van der Waals surface area contributed by atoms with Gasteiger partial charge in [-0.2, -0.15) is 0 Å². The van der Waals surface area contributed by atoms with Crippen LogP contribution in [0.4, 0.5) is 0 Å². The molecule has 2 unspecified atom stereocenters. The average Bonchev–Trinajstić information content (AvgIpc) is 2.75. The zero-order chi connectivity index (χ0) is 15.7. The van der Waals surface area contributed by atoms with Crippen LogP contribution in [0.25, 0.3) is 0 Å². The van der Waals surface area contributed by atoms with Crippen molar-refractivity contribution in [2.75, 3.05) is 24.3 Å². The minimum absolute atomic E-state index is 0.0573. The van der Waals surface area contributed by atoms with Crippen molar-refractivity contribution >= 4 is 19.7 Å². The van der Waals surface area contributed by atoms with Gasteiger partial charge in [0.1, 0.15) is 0 Å². The van der Waals surface area contributed by atoms with E-state index < -0.39 is 19.7 Å². The Morgan fingerprint density at radius 3 is 2.38 bits per heavy atom. The van der Waals surface area contributed by atoms with Gasteiger partial charge < -0.3 is 5.32 Å². The molecule has 1 heterocycles. The van der Waals surface area contributed by atoms with E-state index in [-0.39, 0.29) is 23.5 Å². The highest BCUT2D eigenvalue weighted by Gasteiger charge is 2.27. The largest absolute Gasteiger partial charge is 0.310 e. The van der Waals surface area contributed by atoms with Crippen LogP contribution in [0.2, 0.25) is 0 Å². The Morgan fingerprint density at radius 1 is 1.29 bits per heavy atom. The molecule has 21 heavy (non-hydrogen) atoms. The number of hydrogen-bond acceptors (Lipinski definition) is 5. The SMILES string of the molecule is CC(NCC1CCS(=O)(=O)C1)c1ccc(S(C)(=O)=O)cc1. The molecule has 1 fully saturated rings. The van der Waals surface area contributed by atoms with Gasteiger partial charge >= 0.3 is 0 Å². The molecular formula is C14H21NO4S2. The fourth-order valence-corrected chi connectivity index (χ4v) is 4.99. The first kappa shape index (κ1) is 16.5. The topological polar surface area (TPSA) is 80.3 Å². The maximum atomic E-state index is 11.4. The van der Waals surface area contributed by atoms with E-state index in [0.29, 0.717) is 11.4 Å². The second kappa shape index (κ2) is 6.06. The Kier molecular flexibility index (Phi) is 4.75. The Labute approximate surface area is 126 Å². The molecule has 1 aromatic rings. The summed E-state index contributed by atoms with van der Waals surface area (Å²) in [5.41, 5.74) is 0.989. The fraction of sp³-hybridized carbons (Fsp3) is 0.571. The smallest absolute Gasteiger partial charge is 0.175 e. The summed E-state index contributed by atoms with van der Waals surface area (Å²) < 4.78 is 45.6. The predicted molar refractivity (Wildman–Crippen MR) is 82.7 cm³/mol. The van der Waals surface area contributed by atoms with E-state index in [9.17, 15) is 16.8 Å². The van der Waals surface area contributed by atoms with E-state index in [1.54, 1.807) is 24.3 Å². The molecule has 0 amide bonds. The number of benzene rings is 1. The van der Waals surface area contributed by atoms with Gasteiger partial charge in [-0.15, -0.1) is 0 Å². The van der Waals surface area contributed by atoms with Gasteiger partial charge in [-0.05, 0) is 43.5 Å². The van der Waals surface area contributed by atoms with Crippen molar-refractivity contribution in [2.24, 2.45) is 5.92 Å². The molecule has 1 aliphatic heterocycles. The summed E-state index contributed by atoms with van der Waals surface area (Å²) in [4.78, 5) is 0.306. The Morgan fingerprint density at radius 2 is 1.90 bits per heavy atom. The summed E-state index contributed by atoms with van der Waals surface area (Å²) in [6, 6.07) is 6.84. The third-order valence-electron chi connectivity index (χ3n) is 3.85. The average molecular weight is 331 g/mol. The van der Waals surface area contributed by atoms with Gasteiger partial charge in [-0.3, -0.25) is 0 Å². The van der Waals surface area contributed by atoms with Crippen LogP contribution in [0.15, 0.2) is 29.2 Å². The third kappa shape index (κ3) is 4.52. The molecule has 0 aromatic heterocycles. The number of sulfone groups is 2. The summed E-state index contributed by atoms with van der Waals surface area (Å²) in [6.07, 6.45) is 1.90. The van der Waals surface area contributed by atoms with Gasteiger partial charge in [-0.1, -0.05) is 12.1 Å². The van der Waals surface area contributed by atoms with Gasteiger partial charge in [0.05, 0.1) is 16.4 Å². The predicted octanol–water partition coefficient (Wildman–Crippen LogP) is 1.18. The van der Waals surface area contributed by atoms with Crippen LogP contribution in [-0.4, -0.2) is 41.1 Å². The summed E-state index contributed by atoms with van der Waals surface area (Å²) in [7, 11) is -6.01. The third-order valence-corrected chi connectivity index (χ3v) is 6.81. The highest BCUT2D eigenvalue weighted by molar-refractivity contribution is 7.91. The number of hydrogen-bond donors (Lipinski definition) is 1. The molecule has 2 atom stereocenters. The highest BCUT2D eigenvalue weighted by Crippen LogP contribution is 2.20. The zero-order valence-corrected chi connectivity index (χ0v) is 13.9. The molecule has 1 saturated heterocycles. The molecule has 7 heteroatoms. The Balaban J connectivity index is 1.93. The summed E-state index contributed by atoms with van der Waals surface area (Å²) in [5.74, 6) is 0.726. The summed E-state index contributed by atoms with van der Waals surface area (Å²) >= 11 is 0. The molecule has 0 radical (unpaired) electrons. The lowest BCUT2D eigenvalue weighted by Gasteiger charge is -2.17. The fourth-order valence-electron chi connectivity index (χ4n) is 2.50. The Hall–Kier alpha value is -0.920. The van der Waals surface area contributed by atoms with Crippen LogP contribution in [0.1, 0.15) is 24.9 Å². The standard InChI is InChI=1S/C14H21NO4S2/c1-11(15-9-12-7-8-21(18,19)10-12)13-3-5-14(6-4-13)20(2,16)17/h3-6,11-12,15H,7-10H2,1-2H3. The van der Waals surface area contributed by atoms with Crippen LogP contribution in [-0.2, 0) is 19.7 Å². The van der Waals surface area contributed by atoms with Crippen molar-refractivity contribution < 1.29 is 16.8 Å². The van der Waals surface area contributed by atoms with Gasteiger partial charge in [0, 0.05) is 12.3 Å². The lowest BCUT2D eigenvalue weighted by Crippen LogP contribution is -2.26. The molecule has 0 saturated carbocycles. The van der Waals surface area contributed by atoms with Crippen molar-refractivity contribution in [1.29, 1.82) is 0 Å². The van der Waals surface area contributed by atoms with Gasteiger partial charge in [-0.25, -0.2) is 16.8 Å². The lowest BCUT2D eigenvalue weighted by atomic mass is 10.1. The first-order valence-corrected chi connectivity index (χ1v) is 10.6. The molecular weight excluding hydrogens is 310 g/mol. The maximum Gasteiger partial charge on any atom is 0.175 e. The molecule has 1 N–H and O–H groups in total. The first-order valence-electron chi connectivity index (χ1n) is 6.91. The minimum Gasteiger partial charge on any atom is -0.310 e. The van der Waals surface area contributed by atoms with E-state index >= 15 is 0 Å². The van der Waals surface area contributed by atoms with E-state index in [0.717, 1.165) is 12.0 Å². The lowest BCUT2D eigenvalue weighted by molar-refractivity contribution is 0.476. The van der Waals surface area contributed by atoms with Crippen molar-refractivity contribution in [3.8, 4) is 0 Å². The van der Waals surface area contributed by atoms with Crippen LogP contribution >= 0.6 is 0 Å². The maximum absolute atomic E-state index is 11.4. The van der Waals surface area contributed by atoms with E-state index in [4.69, 9.17) is 0 Å². The molecule has 1 aliphatic rings. The second-order valence-corrected chi connectivity index (χ2v) is 9.98. The van der Waals surface area contributed by atoms with Gasteiger partial charge in [0.15, 0.2) is 19.7 Å². The van der Waals surface area contributed by atoms with Crippen LogP contribution < -0.4 is 5.32 Å². The van der Waals surface area contributed by atoms with Crippen LogP contribution in [0.3, 0.4) is 0 Å². The van der Waals surface area contributed by atoms with Gasteiger partial charge in [0.25, 0.3) is 0 Å². The molecule has 0 aliphatic carbocycles. The Bertz CT molecular complexity index is 693. The van der Waals surface area contributed by atoms with Crippen molar-refractivity contribution in [1.82, 2.24) is 5.32 Å². The molecule has 0 spiro atoms. The normalized spacial score (nSPS) is 23.0. The van der Waals surface area contributed by atoms with E-state index in [1.807, 2.05) is 6.92 Å². The molecule has 0 bridgehead atoms. The van der Waals surface area contributed by atoms with E-state index in [1.165, 1.54) is 6.26 Å². The molecule has 1 aromatic carbocycles. The second-order valence-electron chi connectivity index (χ2n) is 5.74. The van der Waals surface area contributed by atoms with Crippen LogP contribution in [0, 0.1) is 5.92 Å². The van der Waals surface area contributed by atoms with Crippen molar-refractivity contribution in [2.45, 2.75) is 24.3 Å². The van der Waals surface area contributed by atoms with Crippen molar-refractivity contribution in [3.05, 3.63) is 29.8 Å². The molecule has 118 valence electrons. The highest BCUT2D eigenvalue weighted by atomic mass is 32.2. The minimum atomic E-state index is -3.17. The van der Waals surface area contributed by atoms with Crippen LogP contribution in [0.5, 0.6) is 0 Å². The monoisotopic (exact) mass is 331 g/mol. The quantitative estimate of drug-likeness (QED) is 0.876. The summed E-state index contributed by atoms with van der Waals surface area (Å²) in [6.45, 7) is 2.65. The number of nitrogens with one attached hydrogen (secondary N) is 1.